The van der Waals surface area contributed by atoms with Crippen LogP contribution in [-0.2, 0) is 0 Å². The van der Waals surface area contributed by atoms with Crippen LogP contribution in [0.2, 0.25) is 0 Å². The van der Waals surface area contributed by atoms with Crippen molar-refractivity contribution < 1.29 is 19.0 Å². The maximum atomic E-state index is 13.4. The standard InChI is InChI=1S/C9H8FIO3/c1-2-14-7-4-5(11)3-6(8(7)10)9(12)13/h3-4H,2H2,1H3,(H,12,13). The molecule has 0 amide bonds. The number of ether oxygens (including phenoxy) is 1. The molecule has 0 bridgehead atoms. The van der Waals surface area contributed by atoms with Gasteiger partial charge in [0.2, 0.25) is 0 Å². The Morgan fingerprint density at radius 2 is 2.29 bits per heavy atom. The van der Waals surface area contributed by atoms with E-state index in [-0.39, 0.29) is 11.3 Å². The van der Waals surface area contributed by atoms with Crippen LogP contribution in [0.15, 0.2) is 12.1 Å². The topological polar surface area (TPSA) is 46.5 Å². The fraction of sp³-hybridized carbons (Fsp3) is 0.222. The fourth-order valence-electron chi connectivity index (χ4n) is 0.980. The largest absolute Gasteiger partial charge is 0.491 e. The highest BCUT2D eigenvalue weighted by Crippen LogP contribution is 2.24. The minimum absolute atomic E-state index is 0.0169. The molecule has 0 heterocycles. The summed E-state index contributed by atoms with van der Waals surface area (Å²) in [6.07, 6.45) is 0. The van der Waals surface area contributed by atoms with Crippen LogP contribution >= 0.6 is 22.6 Å². The number of aromatic carboxylic acids is 1. The maximum absolute atomic E-state index is 13.4. The van der Waals surface area contributed by atoms with E-state index < -0.39 is 11.8 Å². The lowest BCUT2D eigenvalue weighted by atomic mass is 10.2. The maximum Gasteiger partial charge on any atom is 0.338 e. The third-order valence-corrected chi connectivity index (χ3v) is 2.16. The molecule has 1 N–H and O–H groups in total. The van der Waals surface area contributed by atoms with Gasteiger partial charge >= 0.3 is 5.97 Å². The molecule has 0 saturated carbocycles. The van der Waals surface area contributed by atoms with Gasteiger partial charge in [0.25, 0.3) is 0 Å². The minimum atomic E-state index is -1.29. The first-order valence-electron chi connectivity index (χ1n) is 3.91. The van der Waals surface area contributed by atoms with Crippen LogP contribution in [0.1, 0.15) is 17.3 Å². The first kappa shape index (κ1) is 11.2. The van der Waals surface area contributed by atoms with E-state index in [4.69, 9.17) is 9.84 Å². The molecule has 0 unspecified atom stereocenters. The number of hydrogen-bond acceptors (Lipinski definition) is 2. The Bertz CT molecular complexity index is 365. The molecular weight excluding hydrogens is 302 g/mol. The van der Waals surface area contributed by atoms with Gasteiger partial charge in [0.1, 0.15) is 5.56 Å². The van der Waals surface area contributed by atoms with Gasteiger partial charge in [-0.15, -0.1) is 0 Å². The van der Waals surface area contributed by atoms with Gasteiger partial charge in [0.15, 0.2) is 11.6 Å². The SMILES string of the molecule is CCOc1cc(I)cc(C(=O)O)c1F. The molecule has 0 saturated heterocycles. The van der Waals surface area contributed by atoms with E-state index in [0.29, 0.717) is 10.2 Å². The third-order valence-electron chi connectivity index (χ3n) is 1.53. The van der Waals surface area contributed by atoms with Crippen LogP contribution in [0.25, 0.3) is 0 Å². The number of benzene rings is 1. The molecule has 14 heavy (non-hydrogen) atoms. The van der Waals surface area contributed by atoms with Gasteiger partial charge < -0.3 is 9.84 Å². The molecule has 0 atom stereocenters. The van der Waals surface area contributed by atoms with Crippen LogP contribution in [0.5, 0.6) is 5.75 Å². The van der Waals surface area contributed by atoms with Crippen molar-refractivity contribution in [1.29, 1.82) is 0 Å². The summed E-state index contributed by atoms with van der Waals surface area (Å²) in [5.41, 5.74) is -0.361. The monoisotopic (exact) mass is 310 g/mol. The lowest BCUT2D eigenvalue weighted by molar-refractivity contribution is 0.0690. The molecule has 0 fully saturated rings. The zero-order valence-corrected chi connectivity index (χ0v) is 9.54. The summed E-state index contributed by atoms with van der Waals surface area (Å²) in [7, 11) is 0. The van der Waals surface area contributed by atoms with Crippen LogP contribution in [0.4, 0.5) is 4.39 Å². The third kappa shape index (κ3) is 2.34. The van der Waals surface area contributed by atoms with Gasteiger partial charge in [-0.05, 0) is 41.6 Å². The van der Waals surface area contributed by atoms with Gasteiger partial charge in [-0.2, -0.15) is 0 Å². The molecule has 0 aliphatic heterocycles. The highest BCUT2D eigenvalue weighted by Gasteiger charge is 2.16. The predicted octanol–water partition coefficient (Wildman–Crippen LogP) is 2.53. The normalized spacial score (nSPS) is 9.93. The van der Waals surface area contributed by atoms with Crippen molar-refractivity contribution >= 4 is 28.6 Å². The van der Waals surface area contributed by atoms with Crippen LogP contribution in [0.3, 0.4) is 0 Å². The van der Waals surface area contributed by atoms with Gasteiger partial charge in [-0.25, -0.2) is 9.18 Å². The summed E-state index contributed by atoms with van der Waals surface area (Å²) in [5.74, 6) is -2.13. The van der Waals surface area contributed by atoms with E-state index in [1.165, 1.54) is 12.1 Å². The van der Waals surface area contributed by atoms with Crippen molar-refractivity contribution in [3.05, 3.63) is 27.1 Å². The molecule has 76 valence electrons. The molecule has 0 radical (unpaired) electrons. The van der Waals surface area contributed by atoms with Crippen molar-refractivity contribution in [3.63, 3.8) is 0 Å². The highest BCUT2D eigenvalue weighted by molar-refractivity contribution is 14.1. The van der Waals surface area contributed by atoms with Gasteiger partial charge in [-0.1, -0.05) is 0 Å². The lowest BCUT2D eigenvalue weighted by Crippen LogP contribution is -2.04. The Morgan fingerprint density at radius 1 is 1.64 bits per heavy atom. The summed E-state index contributed by atoms with van der Waals surface area (Å²) >= 11 is 1.91. The zero-order valence-electron chi connectivity index (χ0n) is 7.38. The van der Waals surface area contributed by atoms with E-state index in [2.05, 4.69) is 0 Å². The van der Waals surface area contributed by atoms with E-state index in [1.54, 1.807) is 6.92 Å². The molecule has 0 aliphatic carbocycles. The molecule has 0 aliphatic rings. The molecule has 0 spiro atoms. The Morgan fingerprint density at radius 3 is 2.79 bits per heavy atom. The average Bonchev–Trinajstić information content (AvgIpc) is 2.10. The van der Waals surface area contributed by atoms with E-state index in [0.717, 1.165) is 0 Å². The first-order valence-corrected chi connectivity index (χ1v) is 4.99. The molecule has 1 rings (SSSR count). The van der Waals surface area contributed by atoms with Crippen molar-refractivity contribution in [2.75, 3.05) is 6.61 Å². The highest BCUT2D eigenvalue weighted by atomic mass is 127. The first-order chi connectivity index (χ1) is 6.56. The predicted molar refractivity (Wildman–Crippen MR) is 57.2 cm³/mol. The summed E-state index contributed by atoms with van der Waals surface area (Å²) in [6.45, 7) is 2.01. The van der Waals surface area contributed by atoms with Gasteiger partial charge in [0, 0.05) is 3.57 Å². The molecule has 1 aromatic carbocycles. The van der Waals surface area contributed by atoms with E-state index in [9.17, 15) is 9.18 Å². The molecule has 1 aromatic rings. The van der Waals surface area contributed by atoms with Crippen molar-refractivity contribution in [2.24, 2.45) is 0 Å². The summed E-state index contributed by atoms with van der Waals surface area (Å²) < 4.78 is 19.0. The number of halogens is 2. The summed E-state index contributed by atoms with van der Waals surface area (Å²) in [4.78, 5) is 10.6. The second-order valence-corrected chi connectivity index (χ2v) is 3.75. The van der Waals surface area contributed by atoms with Crippen molar-refractivity contribution in [2.45, 2.75) is 6.92 Å². The zero-order chi connectivity index (χ0) is 10.7. The second-order valence-electron chi connectivity index (χ2n) is 2.50. The molecule has 3 nitrogen and oxygen atoms in total. The van der Waals surface area contributed by atoms with Gasteiger partial charge in [-0.3, -0.25) is 0 Å². The Kier molecular flexibility index (Phi) is 3.68. The van der Waals surface area contributed by atoms with E-state index in [1.807, 2.05) is 22.6 Å². The number of carboxylic acids is 1. The molecule has 0 aromatic heterocycles. The summed E-state index contributed by atoms with van der Waals surface area (Å²) in [5, 5.41) is 8.68. The van der Waals surface area contributed by atoms with Crippen molar-refractivity contribution in [1.82, 2.24) is 0 Å². The number of hydrogen-bond donors (Lipinski definition) is 1. The lowest BCUT2D eigenvalue weighted by Gasteiger charge is -2.07. The average molecular weight is 310 g/mol. The van der Waals surface area contributed by atoms with Crippen LogP contribution in [0, 0.1) is 9.39 Å². The second kappa shape index (κ2) is 4.59. The Hall–Kier alpha value is -0.850. The molecular formula is C9H8FIO3. The quantitative estimate of drug-likeness (QED) is 0.873. The van der Waals surface area contributed by atoms with Gasteiger partial charge in [0.05, 0.1) is 6.61 Å². The fourth-order valence-corrected chi connectivity index (χ4v) is 1.57. The minimum Gasteiger partial charge on any atom is -0.491 e. The smallest absolute Gasteiger partial charge is 0.338 e. The van der Waals surface area contributed by atoms with Crippen molar-refractivity contribution in [3.8, 4) is 5.75 Å². The number of rotatable bonds is 3. The number of carboxylic acid groups (broad SMARTS) is 1. The Balaban J connectivity index is 3.24. The summed E-state index contributed by atoms with van der Waals surface area (Å²) in [6, 6.07) is 2.73. The van der Waals surface area contributed by atoms with Crippen LogP contribution in [-0.4, -0.2) is 17.7 Å². The van der Waals surface area contributed by atoms with E-state index >= 15 is 0 Å². The Labute approximate surface area is 94.0 Å². The molecule has 5 heteroatoms. The number of carbonyl (C=O) groups is 1. The van der Waals surface area contributed by atoms with Crippen LogP contribution < -0.4 is 4.74 Å².